The fourth-order valence-corrected chi connectivity index (χ4v) is 2.56. The van der Waals surface area contributed by atoms with Crippen molar-refractivity contribution in [1.29, 1.82) is 0 Å². The number of nitrogens with zero attached hydrogens (tertiary/aromatic N) is 2. The molecule has 1 aliphatic heterocycles. The first-order chi connectivity index (χ1) is 11.0. The lowest BCUT2D eigenvalue weighted by molar-refractivity contribution is -0.117. The maximum atomic E-state index is 11.9. The van der Waals surface area contributed by atoms with Gasteiger partial charge in [0, 0.05) is 25.3 Å². The van der Waals surface area contributed by atoms with E-state index in [1.807, 2.05) is 18.2 Å². The van der Waals surface area contributed by atoms with E-state index in [-0.39, 0.29) is 23.1 Å². The van der Waals surface area contributed by atoms with E-state index in [1.54, 1.807) is 11.9 Å². The number of amides is 2. The SMILES string of the molecule is CN1C(=O)Cc2cc(CCNC(=O)c3ccc(=O)[nH]n3)ccc21. The summed E-state index contributed by atoms with van der Waals surface area (Å²) in [7, 11) is 1.77. The first-order valence-electron chi connectivity index (χ1n) is 7.27. The lowest BCUT2D eigenvalue weighted by Crippen LogP contribution is -2.27. The molecule has 7 nitrogen and oxygen atoms in total. The number of carbonyl (C=O) groups excluding carboxylic acids is 2. The highest BCUT2D eigenvalue weighted by molar-refractivity contribution is 6.00. The normalized spacial score (nSPS) is 13.1. The molecule has 2 amide bonds. The van der Waals surface area contributed by atoms with Gasteiger partial charge in [-0.05, 0) is 29.7 Å². The molecule has 0 atom stereocenters. The zero-order valence-electron chi connectivity index (χ0n) is 12.6. The Hall–Kier alpha value is -2.96. The van der Waals surface area contributed by atoms with E-state index in [2.05, 4.69) is 15.5 Å². The lowest BCUT2D eigenvalue weighted by Gasteiger charge is -2.10. The molecule has 1 aliphatic rings. The number of fused-ring (bicyclic) bond motifs is 1. The molecule has 0 unspecified atom stereocenters. The average molecular weight is 312 g/mol. The Morgan fingerprint density at radius 2 is 2.13 bits per heavy atom. The summed E-state index contributed by atoms with van der Waals surface area (Å²) in [5.41, 5.74) is 2.84. The summed E-state index contributed by atoms with van der Waals surface area (Å²) >= 11 is 0. The van der Waals surface area contributed by atoms with Gasteiger partial charge in [-0.1, -0.05) is 12.1 Å². The number of H-pyrrole nitrogens is 1. The van der Waals surface area contributed by atoms with Gasteiger partial charge in [0.1, 0.15) is 5.69 Å². The number of benzene rings is 1. The monoisotopic (exact) mass is 312 g/mol. The van der Waals surface area contributed by atoms with Crippen LogP contribution in [0.15, 0.2) is 35.1 Å². The van der Waals surface area contributed by atoms with Crippen molar-refractivity contribution < 1.29 is 9.59 Å². The molecule has 0 fully saturated rings. The molecule has 23 heavy (non-hydrogen) atoms. The van der Waals surface area contributed by atoms with Crippen LogP contribution >= 0.6 is 0 Å². The van der Waals surface area contributed by atoms with Crippen molar-refractivity contribution in [2.45, 2.75) is 12.8 Å². The van der Waals surface area contributed by atoms with Crippen LogP contribution in [0.4, 0.5) is 5.69 Å². The summed E-state index contributed by atoms with van der Waals surface area (Å²) in [5.74, 6) is -0.244. The van der Waals surface area contributed by atoms with Crippen molar-refractivity contribution in [3.63, 3.8) is 0 Å². The van der Waals surface area contributed by atoms with E-state index in [1.165, 1.54) is 12.1 Å². The van der Waals surface area contributed by atoms with E-state index in [0.717, 1.165) is 16.8 Å². The summed E-state index contributed by atoms with van der Waals surface area (Å²) in [4.78, 5) is 36.1. The molecule has 1 aromatic carbocycles. The van der Waals surface area contributed by atoms with Crippen LogP contribution < -0.4 is 15.8 Å². The molecule has 0 bridgehead atoms. The van der Waals surface area contributed by atoms with Gasteiger partial charge in [-0.15, -0.1) is 0 Å². The Morgan fingerprint density at radius 3 is 2.87 bits per heavy atom. The van der Waals surface area contributed by atoms with Gasteiger partial charge in [-0.25, -0.2) is 5.10 Å². The number of anilines is 1. The molecular weight excluding hydrogens is 296 g/mol. The van der Waals surface area contributed by atoms with Gasteiger partial charge in [0.05, 0.1) is 6.42 Å². The minimum atomic E-state index is -0.348. The number of rotatable bonds is 4. The quantitative estimate of drug-likeness (QED) is 0.846. The number of hydrogen-bond acceptors (Lipinski definition) is 4. The Bertz CT molecular complexity index is 808. The molecule has 2 N–H and O–H groups in total. The fourth-order valence-electron chi connectivity index (χ4n) is 2.56. The second-order valence-corrected chi connectivity index (χ2v) is 5.40. The van der Waals surface area contributed by atoms with Gasteiger partial charge in [-0.3, -0.25) is 14.4 Å². The van der Waals surface area contributed by atoms with Crippen LogP contribution in [0.2, 0.25) is 0 Å². The fraction of sp³-hybridized carbons (Fsp3) is 0.250. The third-order valence-corrected chi connectivity index (χ3v) is 3.83. The van der Waals surface area contributed by atoms with Crippen molar-refractivity contribution in [3.8, 4) is 0 Å². The van der Waals surface area contributed by atoms with Gasteiger partial charge >= 0.3 is 0 Å². The highest BCUT2D eigenvalue weighted by atomic mass is 16.2. The first kappa shape index (κ1) is 15.0. The van der Waals surface area contributed by atoms with Gasteiger partial charge < -0.3 is 10.2 Å². The summed E-state index contributed by atoms with van der Waals surface area (Å²) in [6.45, 7) is 0.447. The highest BCUT2D eigenvalue weighted by Gasteiger charge is 2.23. The molecule has 7 heteroatoms. The Kier molecular flexibility index (Phi) is 3.92. The molecule has 0 saturated carbocycles. The van der Waals surface area contributed by atoms with Crippen LogP contribution in [-0.2, 0) is 17.6 Å². The molecule has 2 heterocycles. The van der Waals surface area contributed by atoms with Gasteiger partial charge in [0.15, 0.2) is 0 Å². The van der Waals surface area contributed by atoms with E-state index < -0.39 is 0 Å². The maximum absolute atomic E-state index is 11.9. The van der Waals surface area contributed by atoms with Gasteiger partial charge in [0.25, 0.3) is 11.5 Å². The lowest BCUT2D eigenvalue weighted by atomic mass is 10.1. The Labute approximate surface area is 132 Å². The van der Waals surface area contributed by atoms with Crippen molar-refractivity contribution >= 4 is 17.5 Å². The largest absolute Gasteiger partial charge is 0.350 e. The summed E-state index contributed by atoms with van der Waals surface area (Å²) < 4.78 is 0. The molecule has 0 radical (unpaired) electrons. The van der Waals surface area contributed by atoms with Crippen LogP contribution in [0, 0.1) is 0 Å². The number of carbonyl (C=O) groups is 2. The Balaban J connectivity index is 1.58. The van der Waals surface area contributed by atoms with Crippen LogP contribution in [0.1, 0.15) is 21.6 Å². The van der Waals surface area contributed by atoms with E-state index >= 15 is 0 Å². The topological polar surface area (TPSA) is 95.2 Å². The minimum Gasteiger partial charge on any atom is -0.350 e. The van der Waals surface area contributed by atoms with Crippen LogP contribution in [-0.4, -0.2) is 35.6 Å². The predicted octanol–water partition coefficient (Wildman–Crippen LogP) is 0.261. The minimum absolute atomic E-state index is 0.0922. The predicted molar refractivity (Wildman–Crippen MR) is 84.5 cm³/mol. The third kappa shape index (κ3) is 3.13. The van der Waals surface area contributed by atoms with E-state index in [0.29, 0.717) is 19.4 Å². The molecule has 0 spiro atoms. The summed E-state index contributed by atoms with van der Waals surface area (Å²) in [6, 6.07) is 8.53. The molecular formula is C16H16N4O3. The molecule has 2 aromatic rings. The van der Waals surface area contributed by atoms with Crippen molar-refractivity contribution in [1.82, 2.24) is 15.5 Å². The zero-order chi connectivity index (χ0) is 16.4. The van der Waals surface area contributed by atoms with Crippen molar-refractivity contribution in [2.75, 3.05) is 18.5 Å². The van der Waals surface area contributed by atoms with Crippen LogP contribution in [0.3, 0.4) is 0 Å². The van der Waals surface area contributed by atoms with Gasteiger partial charge in [-0.2, -0.15) is 5.10 Å². The summed E-state index contributed by atoms with van der Waals surface area (Å²) in [5, 5.41) is 8.65. The number of hydrogen-bond donors (Lipinski definition) is 2. The smallest absolute Gasteiger partial charge is 0.271 e. The Morgan fingerprint density at radius 1 is 1.30 bits per heavy atom. The maximum Gasteiger partial charge on any atom is 0.271 e. The standard InChI is InChI=1S/C16H16N4O3/c1-20-13-4-2-10(8-11(13)9-15(20)22)6-7-17-16(23)12-3-5-14(21)19-18-12/h2-5,8H,6-7,9H2,1H3,(H,17,23)(H,19,21). The second kappa shape index (κ2) is 6.04. The zero-order valence-corrected chi connectivity index (χ0v) is 12.6. The molecule has 0 saturated heterocycles. The highest BCUT2D eigenvalue weighted by Crippen LogP contribution is 2.28. The molecule has 0 aliphatic carbocycles. The average Bonchev–Trinajstić information content (AvgIpc) is 2.82. The first-order valence-corrected chi connectivity index (χ1v) is 7.27. The number of aromatic nitrogens is 2. The number of aromatic amines is 1. The molecule has 1 aromatic heterocycles. The number of nitrogens with one attached hydrogen (secondary N) is 2. The van der Waals surface area contributed by atoms with Crippen molar-refractivity contribution in [2.24, 2.45) is 0 Å². The van der Waals surface area contributed by atoms with Crippen LogP contribution in [0.25, 0.3) is 0 Å². The van der Waals surface area contributed by atoms with Gasteiger partial charge in [0.2, 0.25) is 5.91 Å². The second-order valence-electron chi connectivity index (χ2n) is 5.40. The molecule has 3 rings (SSSR count). The third-order valence-electron chi connectivity index (χ3n) is 3.83. The molecule has 118 valence electrons. The van der Waals surface area contributed by atoms with Crippen LogP contribution in [0.5, 0.6) is 0 Å². The van der Waals surface area contributed by atoms with E-state index in [9.17, 15) is 14.4 Å². The summed E-state index contributed by atoms with van der Waals surface area (Å²) in [6.07, 6.45) is 1.08. The number of likely N-dealkylation sites (N-methyl/N-ethyl adjacent to an activating group) is 1. The van der Waals surface area contributed by atoms with Crippen molar-refractivity contribution in [3.05, 3.63) is 57.5 Å². The van der Waals surface area contributed by atoms with E-state index in [4.69, 9.17) is 0 Å².